The molecule has 0 atom stereocenters. The number of hydrogen-bond donors (Lipinski definition) is 1. The topological polar surface area (TPSA) is 77.5 Å². The summed E-state index contributed by atoms with van der Waals surface area (Å²) in [6.07, 6.45) is 4.02. The van der Waals surface area contributed by atoms with Crippen molar-refractivity contribution in [2.75, 3.05) is 11.9 Å². The maximum Gasteiger partial charge on any atom is 0.255 e. The number of benzene rings is 2. The van der Waals surface area contributed by atoms with E-state index in [1.54, 1.807) is 36.4 Å². The molecule has 6 heteroatoms. The number of carbonyl (C=O) groups excluding carboxylic acids is 2. The van der Waals surface area contributed by atoms with Crippen molar-refractivity contribution in [2.24, 2.45) is 5.92 Å². The van der Waals surface area contributed by atoms with Crippen molar-refractivity contribution in [3.8, 4) is 17.4 Å². The van der Waals surface area contributed by atoms with Crippen LogP contribution in [0.4, 0.5) is 5.69 Å². The zero-order valence-electron chi connectivity index (χ0n) is 16.6. The molecule has 0 aliphatic heterocycles. The zero-order valence-corrected chi connectivity index (χ0v) is 16.6. The van der Waals surface area contributed by atoms with Gasteiger partial charge in [0.15, 0.2) is 5.78 Å². The lowest BCUT2D eigenvalue weighted by molar-refractivity contribution is 0.100. The third-order valence-electron chi connectivity index (χ3n) is 4.76. The minimum Gasteiger partial charge on any atom is -0.493 e. The molecule has 1 N–H and O–H groups in total. The molecule has 4 rings (SSSR count). The van der Waals surface area contributed by atoms with Gasteiger partial charge in [0.1, 0.15) is 11.5 Å². The minimum atomic E-state index is -0.277. The average molecular weight is 402 g/mol. The molecule has 1 fully saturated rings. The third kappa shape index (κ3) is 5.23. The van der Waals surface area contributed by atoms with Gasteiger partial charge in [0.25, 0.3) is 5.91 Å². The van der Waals surface area contributed by atoms with Crippen LogP contribution in [0.25, 0.3) is 0 Å². The number of anilines is 1. The van der Waals surface area contributed by atoms with Crippen molar-refractivity contribution in [1.29, 1.82) is 0 Å². The molecule has 1 amide bonds. The molecule has 1 saturated carbocycles. The Morgan fingerprint density at radius 1 is 1.00 bits per heavy atom. The molecule has 2 aromatic carbocycles. The Kier molecular flexibility index (Phi) is 5.75. The van der Waals surface area contributed by atoms with Crippen LogP contribution in [0, 0.1) is 5.92 Å². The van der Waals surface area contributed by atoms with E-state index in [0.29, 0.717) is 34.4 Å². The van der Waals surface area contributed by atoms with Crippen LogP contribution in [0.1, 0.15) is 40.5 Å². The number of nitrogens with zero attached hydrogens (tertiary/aromatic N) is 1. The first-order valence-electron chi connectivity index (χ1n) is 9.86. The van der Waals surface area contributed by atoms with E-state index in [1.165, 1.54) is 26.0 Å². The Morgan fingerprint density at radius 2 is 1.73 bits per heavy atom. The van der Waals surface area contributed by atoms with E-state index >= 15 is 0 Å². The van der Waals surface area contributed by atoms with E-state index in [2.05, 4.69) is 10.3 Å². The van der Waals surface area contributed by atoms with E-state index in [1.807, 2.05) is 24.3 Å². The van der Waals surface area contributed by atoms with Crippen LogP contribution in [-0.4, -0.2) is 23.3 Å². The fourth-order valence-electron chi connectivity index (χ4n) is 2.82. The standard InChI is InChI=1S/C24H22N2O4/c1-16(27)18-7-9-19(10-8-18)24(28)26-20-11-12-23(25-14-20)30-22-4-2-3-21(13-22)29-15-17-5-6-17/h2-4,7-14,17H,5-6,15H2,1H3,(H,26,28). The largest absolute Gasteiger partial charge is 0.493 e. The first-order chi connectivity index (χ1) is 14.6. The van der Waals surface area contributed by atoms with Gasteiger partial charge in [-0.1, -0.05) is 18.2 Å². The molecular formula is C24H22N2O4. The second-order valence-electron chi connectivity index (χ2n) is 7.30. The highest BCUT2D eigenvalue weighted by Gasteiger charge is 2.21. The Hall–Kier alpha value is -3.67. The summed E-state index contributed by atoms with van der Waals surface area (Å²) in [4.78, 5) is 27.9. The Labute approximate surface area is 174 Å². The van der Waals surface area contributed by atoms with Crippen LogP contribution >= 0.6 is 0 Å². The number of nitrogens with one attached hydrogen (secondary N) is 1. The van der Waals surface area contributed by atoms with Gasteiger partial charge in [-0.2, -0.15) is 0 Å². The Bertz CT molecular complexity index is 1040. The number of hydrogen-bond acceptors (Lipinski definition) is 5. The van der Waals surface area contributed by atoms with Crippen LogP contribution in [0.5, 0.6) is 17.4 Å². The highest BCUT2D eigenvalue weighted by atomic mass is 16.5. The fourth-order valence-corrected chi connectivity index (χ4v) is 2.82. The number of ketones is 1. The third-order valence-corrected chi connectivity index (χ3v) is 4.76. The predicted octanol–water partition coefficient (Wildman–Crippen LogP) is 5.12. The number of Topliss-reactive ketones (excluding diaryl/α,β-unsaturated/α-hetero) is 1. The molecule has 1 heterocycles. The van der Waals surface area contributed by atoms with Crippen LogP contribution in [0.2, 0.25) is 0 Å². The van der Waals surface area contributed by atoms with Gasteiger partial charge in [-0.3, -0.25) is 9.59 Å². The molecule has 0 unspecified atom stereocenters. The Balaban J connectivity index is 1.35. The zero-order chi connectivity index (χ0) is 20.9. The van der Waals surface area contributed by atoms with Crippen molar-refractivity contribution >= 4 is 17.4 Å². The smallest absolute Gasteiger partial charge is 0.255 e. The molecule has 0 spiro atoms. The van der Waals surface area contributed by atoms with Gasteiger partial charge in [-0.25, -0.2) is 4.98 Å². The molecule has 3 aromatic rings. The number of carbonyl (C=O) groups is 2. The van der Waals surface area contributed by atoms with Crippen molar-refractivity contribution in [3.63, 3.8) is 0 Å². The Morgan fingerprint density at radius 3 is 2.40 bits per heavy atom. The minimum absolute atomic E-state index is 0.0400. The SMILES string of the molecule is CC(=O)c1ccc(C(=O)Nc2ccc(Oc3cccc(OCC4CC4)c3)nc2)cc1. The molecular weight excluding hydrogens is 380 g/mol. The van der Waals surface area contributed by atoms with Gasteiger partial charge in [0, 0.05) is 23.3 Å². The summed E-state index contributed by atoms with van der Waals surface area (Å²) in [5, 5.41) is 2.78. The number of aromatic nitrogens is 1. The highest BCUT2D eigenvalue weighted by molar-refractivity contribution is 6.05. The molecule has 1 aliphatic rings. The molecule has 0 radical (unpaired) electrons. The number of pyridine rings is 1. The van der Waals surface area contributed by atoms with Crippen LogP contribution in [-0.2, 0) is 0 Å². The first kappa shape index (κ1) is 19.6. The lowest BCUT2D eigenvalue weighted by Gasteiger charge is -2.09. The summed E-state index contributed by atoms with van der Waals surface area (Å²) in [7, 11) is 0. The number of rotatable bonds is 8. The van der Waals surface area contributed by atoms with Gasteiger partial charge in [-0.15, -0.1) is 0 Å². The number of amides is 1. The first-order valence-corrected chi connectivity index (χ1v) is 9.86. The van der Waals surface area contributed by atoms with Crippen LogP contribution in [0.15, 0.2) is 66.9 Å². The summed E-state index contributed by atoms with van der Waals surface area (Å²) in [5.74, 6) is 2.20. The van der Waals surface area contributed by atoms with Crippen molar-refractivity contribution < 1.29 is 19.1 Å². The number of ether oxygens (including phenoxy) is 2. The fraction of sp³-hybridized carbons (Fsp3) is 0.208. The molecule has 1 aromatic heterocycles. The van der Waals surface area contributed by atoms with Crippen molar-refractivity contribution in [1.82, 2.24) is 4.98 Å². The summed E-state index contributed by atoms with van der Waals surface area (Å²) < 4.78 is 11.6. The monoisotopic (exact) mass is 402 g/mol. The van der Waals surface area contributed by atoms with Gasteiger partial charge in [0.2, 0.25) is 5.88 Å². The van der Waals surface area contributed by atoms with Crippen molar-refractivity contribution in [3.05, 3.63) is 78.0 Å². The second-order valence-corrected chi connectivity index (χ2v) is 7.30. The summed E-state index contributed by atoms with van der Waals surface area (Å²) >= 11 is 0. The van der Waals surface area contributed by atoms with E-state index in [9.17, 15) is 9.59 Å². The van der Waals surface area contributed by atoms with Gasteiger partial charge in [0.05, 0.1) is 18.5 Å². The van der Waals surface area contributed by atoms with E-state index in [0.717, 1.165) is 12.4 Å². The van der Waals surface area contributed by atoms with E-state index in [4.69, 9.17) is 9.47 Å². The maximum atomic E-state index is 12.4. The maximum absolute atomic E-state index is 12.4. The second kappa shape index (κ2) is 8.78. The summed E-state index contributed by atoms with van der Waals surface area (Å²) in [6.45, 7) is 2.23. The molecule has 6 nitrogen and oxygen atoms in total. The van der Waals surface area contributed by atoms with Crippen LogP contribution in [0.3, 0.4) is 0 Å². The molecule has 1 aliphatic carbocycles. The highest BCUT2D eigenvalue weighted by Crippen LogP contribution is 2.31. The molecule has 30 heavy (non-hydrogen) atoms. The molecule has 0 saturated heterocycles. The normalized spacial score (nSPS) is 12.8. The quantitative estimate of drug-likeness (QED) is 0.529. The lowest BCUT2D eigenvalue weighted by Crippen LogP contribution is -2.12. The van der Waals surface area contributed by atoms with Gasteiger partial charge < -0.3 is 14.8 Å². The van der Waals surface area contributed by atoms with Gasteiger partial charge >= 0.3 is 0 Å². The predicted molar refractivity (Wildman–Crippen MR) is 113 cm³/mol. The summed E-state index contributed by atoms with van der Waals surface area (Å²) in [5.41, 5.74) is 1.57. The molecule has 0 bridgehead atoms. The van der Waals surface area contributed by atoms with Crippen molar-refractivity contribution in [2.45, 2.75) is 19.8 Å². The van der Waals surface area contributed by atoms with E-state index < -0.39 is 0 Å². The lowest BCUT2D eigenvalue weighted by atomic mass is 10.1. The van der Waals surface area contributed by atoms with Gasteiger partial charge in [-0.05, 0) is 56.0 Å². The average Bonchev–Trinajstić information content (AvgIpc) is 3.59. The van der Waals surface area contributed by atoms with Crippen LogP contribution < -0.4 is 14.8 Å². The van der Waals surface area contributed by atoms with E-state index in [-0.39, 0.29) is 11.7 Å². The molecule has 152 valence electrons. The summed E-state index contributed by atoms with van der Waals surface area (Å²) in [6, 6.07) is 17.4.